The number of nitriles is 1. The smallest absolute Gasteiger partial charge is 0.310 e. The Morgan fingerprint density at radius 1 is 1.07 bits per heavy atom. The summed E-state index contributed by atoms with van der Waals surface area (Å²) in [4.78, 5) is 36.2. The van der Waals surface area contributed by atoms with Gasteiger partial charge < -0.3 is 24.5 Å². The van der Waals surface area contributed by atoms with Crippen LogP contribution in [0.2, 0.25) is 5.02 Å². The highest BCUT2D eigenvalue weighted by molar-refractivity contribution is 6.35. The van der Waals surface area contributed by atoms with E-state index in [1.165, 1.54) is 0 Å². The Kier molecular flexibility index (Phi) is 11.2. The summed E-state index contributed by atoms with van der Waals surface area (Å²) in [7, 11) is 0. The Hall–Kier alpha value is -5.45. The largest absolute Gasteiger partial charge is 0.466 e. The Balaban J connectivity index is 1.04. The number of aliphatic hydroxyl groups excluding tert-OH is 1. The zero-order chi connectivity index (χ0) is 39.6. The molecule has 2 aliphatic heterocycles. The van der Waals surface area contributed by atoms with Crippen LogP contribution in [0.15, 0.2) is 71.5 Å². The summed E-state index contributed by atoms with van der Waals surface area (Å²) in [5, 5.41) is 24.9. The van der Waals surface area contributed by atoms with Gasteiger partial charge in [0.15, 0.2) is 11.4 Å². The van der Waals surface area contributed by atoms with Gasteiger partial charge >= 0.3 is 5.97 Å². The third-order valence-corrected chi connectivity index (χ3v) is 11.7. The number of carbonyl (C=O) groups is 1. The Morgan fingerprint density at radius 3 is 2.72 bits per heavy atom. The first-order chi connectivity index (χ1) is 27.7. The number of pyridine rings is 3. The van der Waals surface area contributed by atoms with E-state index < -0.39 is 0 Å². The third kappa shape index (κ3) is 7.81. The zero-order valence-corrected chi connectivity index (χ0v) is 33.1. The lowest BCUT2D eigenvalue weighted by atomic mass is 9.98. The van der Waals surface area contributed by atoms with Crippen LogP contribution in [0.5, 0.6) is 0 Å². The Bertz CT molecular complexity index is 2500. The van der Waals surface area contributed by atoms with Gasteiger partial charge in [-0.3, -0.25) is 19.7 Å². The molecule has 6 aromatic rings. The minimum absolute atomic E-state index is 0.0599. The van der Waals surface area contributed by atoms with E-state index >= 15 is 0 Å². The maximum atomic E-state index is 12.6. The van der Waals surface area contributed by atoms with E-state index in [0.29, 0.717) is 51.9 Å². The van der Waals surface area contributed by atoms with Crippen molar-refractivity contribution in [1.82, 2.24) is 29.7 Å². The van der Waals surface area contributed by atoms with Crippen molar-refractivity contribution in [1.29, 1.82) is 5.26 Å². The second-order valence-electron chi connectivity index (χ2n) is 14.9. The van der Waals surface area contributed by atoms with Gasteiger partial charge in [0.05, 0.1) is 40.5 Å². The number of carbonyl (C=O) groups excluding carboxylic acids is 1. The van der Waals surface area contributed by atoms with Crippen LogP contribution in [0, 0.1) is 24.2 Å². The van der Waals surface area contributed by atoms with Crippen LogP contribution in [-0.2, 0) is 22.5 Å². The summed E-state index contributed by atoms with van der Waals surface area (Å²) in [6, 6.07) is 17.9. The minimum Gasteiger partial charge on any atom is -0.466 e. The van der Waals surface area contributed by atoms with Crippen molar-refractivity contribution in [2.24, 2.45) is 5.92 Å². The fourth-order valence-electron chi connectivity index (χ4n) is 8.38. The lowest BCUT2D eigenvalue weighted by molar-refractivity contribution is -0.148. The number of halogens is 1. The first kappa shape index (κ1) is 38.4. The van der Waals surface area contributed by atoms with Gasteiger partial charge in [0.2, 0.25) is 5.89 Å². The molecule has 2 aliphatic rings. The van der Waals surface area contributed by atoms with Crippen molar-refractivity contribution < 1.29 is 19.1 Å². The number of hydrogen-bond acceptors (Lipinski definition) is 12. The highest BCUT2D eigenvalue weighted by atomic mass is 35.5. The molecule has 0 radical (unpaired) electrons. The molecule has 12 nitrogen and oxygen atoms in total. The van der Waals surface area contributed by atoms with Crippen molar-refractivity contribution in [3.8, 4) is 28.8 Å². The van der Waals surface area contributed by atoms with Gasteiger partial charge in [-0.1, -0.05) is 30.7 Å². The van der Waals surface area contributed by atoms with Gasteiger partial charge in [-0.2, -0.15) is 5.26 Å². The average molecular weight is 785 g/mol. The molecule has 13 heteroatoms. The van der Waals surface area contributed by atoms with Crippen LogP contribution in [-0.4, -0.2) is 85.7 Å². The van der Waals surface area contributed by atoms with Crippen molar-refractivity contribution in [3.63, 3.8) is 0 Å². The molecule has 0 amide bonds. The highest BCUT2D eigenvalue weighted by Gasteiger charge is 2.38. The van der Waals surface area contributed by atoms with Gasteiger partial charge in [-0.25, -0.2) is 9.97 Å². The highest BCUT2D eigenvalue weighted by Crippen LogP contribution is 2.40. The normalized spacial score (nSPS) is 18.7. The van der Waals surface area contributed by atoms with Crippen LogP contribution in [0.1, 0.15) is 55.4 Å². The van der Waals surface area contributed by atoms with Crippen LogP contribution in [0.3, 0.4) is 0 Å². The number of aliphatic hydroxyl groups is 1. The molecule has 0 spiro atoms. The molecule has 0 aliphatic carbocycles. The van der Waals surface area contributed by atoms with E-state index in [1.54, 1.807) is 18.5 Å². The number of oxazole rings is 1. The lowest BCUT2D eigenvalue weighted by Gasteiger charge is -2.26. The summed E-state index contributed by atoms with van der Waals surface area (Å²) in [5.41, 5.74) is 7.84. The number of hydrogen-bond donors (Lipinski definition) is 2. The number of benzene rings is 2. The number of aromatic nitrogens is 4. The van der Waals surface area contributed by atoms with Gasteiger partial charge in [0.25, 0.3) is 0 Å². The summed E-state index contributed by atoms with van der Waals surface area (Å²) < 4.78 is 11.6. The summed E-state index contributed by atoms with van der Waals surface area (Å²) in [5.74, 6) is 0.623. The Morgan fingerprint density at radius 2 is 1.93 bits per heavy atom. The number of rotatable bonds is 12. The Labute approximate surface area is 336 Å². The first-order valence-electron chi connectivity index (χ1n) is 19.6. The maximum absolute atomic E-state index is 12.6. The third-order valence-electron chi connectivity index (χ3n) is 11.3. The second kappa shape index (κ2) is 16.6. The van der Waals surface area contributed by atoms with Crippen molar-refractivity contribution >= 4 is 51.1 Å². The quantitative estimate of drug-likeness (QED) is 0.116. The van der Waals surface area contributed by atoms with Crippen LogP contribution < -0.4 is 5.32 Å². The molecule has 2 aromatic carbocycles. The molecule has 2 N–H and O–H groups in total. The topological polar surface area (TPSA) is 154 Å². The van der Waals surface area contributed by atoms with Crippen LogP contribution in [0.4, 0.5) is 11.5 Å². The van der Waals surface area contributed by atoms with E-state index in [1.807, 2.05) is 56.4 Å². The number of nitrogens with zero attached hydrogens (tertiary/aromatic N) is 7. The number of nitrogens with one attached hydrogen (secondary N) is 1. The van der Waals surface area contributed by atoms with E-state index in [9.17, 15) is 15.2 Å². The van der Waals surface area contributed by atoms with E-state index in [2.05, 4.69) is 39.2 Å². The number of fused-ring (bicyclic) bond motifs is 2. The molecule has 8 rings (SSSR count). The number of esters is 1. The molecule has 2 saturated heterocycles. The molecule has 1 unspecified atom stereocenters. The number of β-amino-alcohol motifs (C(OH)–C–C–N with tert-alkyl or cyclic N) is 1. The van der Waals surface area contributed by atoms with Crippen molar-refractivity contribution in [3.05, 3.63) is 94.4 Å². The van der Waals surface area contributed by atoms with Crippen LogP contribution in [0.25, 0.3) is 44.7 Å². The molecule has 0 bridgehead atoms. The molecular weight excluding hydrogens is 740 g/mol. The molecule has 3 atom stereocenters. The molecule has 6 heterocycles. The van der Waals surface area contributed by atoms with Crippen molar-refractivity contribution in [2.75, 3.05) is 38.1 Å². The van der Waals surface area contributed by atoms with Crippen molar-refractivity contribution in [2.45, 2.75) is 65.1 Å². The van der Waals surface area contributed by atoms with Gasteiger partial charge in [0, 0.05) is 67.4 Å². The molecule has 2 fully saturated rings. The predicted molar refractivity (Wildman–Crippen MR) is 220 cm³/mol. The summed E-state index contributed by atoms with van der Waals surface area (Å²) in [6.45, 7) is 10.2. The van der Waals surface area contributed by atoms with Gasteiger partial charge in [-0.05, 0) is 99.2 Å². The molecule has 0 saturated carbocycles. The first-order valence-corrected chi connectivity index (χ1v) is 20.0. The summed E-state index contributed by atoms with van der Waals surface area (Å²) >= 11 is 7.14. The molecule has 57 heavy (non-hydrogen) atoms. The monoisotopic (exact) mass is 784 g/mol. The fraction of sp³-hybridized carbons (Fsp3) is 0.364. The van der Waals surface area contributed by atoms with Crippen LogP contribution >= 0.6 is 11.6 Å². The molecular formula is C44H45ClN8O4. The zero-order valence-electron chi connectivity index (χ0n) is 32.3. The SMILES string of the molecule is CCOC(=O)C1CCN(Cc2cc(C#N)c3oc(-c4ccnc(-c5cccc(Nc6nccc7cc(CCN8CC[C@@H](O)C8)cnc67)c5C)c4Cl)nc3c2)[C@@H]1CC. The number of anilines is 2. The summed E-state index contributed by atoms with van der Waals surface area (Å²) in [6.07, 6.45) is 8.39. The standard InChI is InChI=1S/C44H45ClN8O4/c1-4-37-33(44(55)56-5-2)13-18-53(37)24-28-20-30(22-46)41-36(21-28)51-43(57-41)34-10-15-47-40(38(34)45)32-7-6-8-35(26(32)3)50-42-39-29(9-14-48-42)19-27(23-49-39)11-16-52-17-12-31(54)25-52/h6-10,14-15,19-21,23,31,33,37,54H,4-5,11-13,16-18,24-25H2,1-3H3,(H,48,50)/t31-,33?,37-/m1/s1. The second-order valence-corrected chi connectivity index (χ2v) is 15.3. The predicted octanol–water partition coefficient (Wildman–Crippen LogP) is 7.85. The van der Waals surface area contributed by atoms with E-state index in [4.69, 9.17) is 35.7 Å². The maximum Gasteiger partial charge on any atom is 0.310 e. The lowest BCUT2D eigenvalue weighted by Crippen LogP contribution is -2.35. The minimum atomic E-state index is -0.227. The number of likely N-dealkylation sites (tertiary alicyclic amines) is 2. The molecule has 4 aromatic heterocycles. The van der Waals surface area contributed by atoms with Gasteiger partial charge in [0.1, 0.15) is 17.1 Å². The van der Waals surface area contributed by atoms with E-state index in [-0.39, 0.29) is 29.9 Å². The van der Waals surface area contributed by atoms with Gasteiger partial charge in [-0.15, -0.1) is 0 Å². The van der Waals surface area contributed by atoms with E-state index in [0.717, 1.165) is 90.7 Å². The number of ether oxygens (including phenoxy) is 1. The fourth-order valence-corrected chi connectivity index (χ4v) is 8.68. The average Bonchev–Trinajstić information content (AvgIpc) is 3.96. The molecule has 292 valence electrons.